The van der Waals surface area contributed by atoms with Gasteiger partial charge in [0.15, 0.2) is 0 Å². The van der Waals surface area contributed by atoms with E-state index in [1.54, 1.807) is 37.3 Å². The van der Waals surface area contributed by atoms with Crippen LogP contribution in [-0.4, -0.2) is 40.2 Å². The van der Waals surface area contributed by atoms with Crippen LogP contribution in [0.5, 0.6) is 0 Å². The molecule has 8 heteroatoms. The van der Waals surface area contributed by atoms with E-state index in [9.17, 15) is 19.5 Å². The standard InChI is InChI=1S/C22H23N3O5/c1-3-19(27)23-18-6-4-5-16(13-18)8-7-15-9-11-17(12-10-15)21(28)24-20(14(2)26)22(29)25-30/h4-6,9-14,20,26,30H,3H2,1-2H3,(H,23,27)(H,24,28)(H,25,29). The van der Waals surface area contributed by atoms with Gasteiger partial charge >= 0.3 is 0 Å². The molecule has 0 heterocycles. The Morgan fingerprint density at radius 2 is 1.70 bits per heavy atom. The maximum absolute atomic E-state index is 12.3. The minimum absolute atomic E-state index is 0.0803. The zero-order chi connectivity index (χ0) is 22.1. The first-order valence-corrected chi connectivity index (χ1v) is 9.29. The number of anilines is 1. The van der Waals surface area contributed by atoms with Gasteiger partial charge in [-0.05, 0) is 49.4 Å². The molecule has 0 aliphatic heterocycles. The summed E-state index contributed by atoms with van der Waals surface area (Å²) in [5.74, 6) is 4.39. The first kappa shape index (κ1) is 22.6. The van der Waals surface area contributed by atoms with Crippen molar-refractivity contribution in [1.82, 2.24) is 10.8 Å². The van der Waals surface area contributed by atoms with E-state index in [1.807, 2.05) is 6.07 Å². The number of benzene rings is 2. The fourth-order valence-electron chi connectivity index (χ4n) is 2.47. The van der Waals surface area contributed by atoms with Gasteiger partial charge in [0, 0.05) is 28.8 Å². The van der Waals surface area contributed by atoms with E-state index in [1.165, 1.54) is 24.5 Å². The maximum Gasteiger partial charge on any atom is 0.268 e. The van der Waals surface area contributed by atoms with Crippen molar-refractivity contribution in [2.24, 2.45) is 0 Å². The molecule has 2 rings (SSSR count). The number of aliphatic hydroxyl groups excluding tert-OH is 1. The van der Waals surface area contributed by atoms with Crippen molar-refractivity contribution in [3.05, 3.63) is 65.2 Å². The van der Waals surface area contributed by atoms with Gasteiger partial charge in [0.25, 0.3) is 11.8 Å². The molecule has 2 unspecified atom stereocenters. The second-order valence-electron chi connectivity index (χ2n) is 6.48. The lowest BCUT2D eigenvalue weighted by Gasteiger charge is -2.19. The SMILES string of the molecule is CCC(=O)Nc1cccc(C#Cc2ccc(C(=O)NC(C(=O)NO)C(C)O)cc2)c1. The fourth-order valence-corrected chi connectivity index (χ4v) is 2.47. The topological polar surface area (TPSA) is 128 Å². The summed E-state index contributed by atoms with van der Waals surface area (Å²) in [6.07, 6.45) is -0.803. The number of hydroxylamine groups is 1. The Labute approximate surface area is 174 Å². The summed E-state index contributed by atoms with van der Waals surface area (Å²) in [5.41, 5.74) is 3.72. The molecular weight excluding hydrogens is 386 g/mol. The third-order valence-electron chi connectivity index (χ3n) is 4.13. The molecule has 3 amide bonds. The lowest BCUT2D eigenvalue weighted by molar-refractivity contribution is -0.133. The normalized spacial score (nSPS) is 12.0. The number of hydrogen-bond donors (Lipinski definition) is 5. The van der Waals surface area contributed by atoms with Crippen molar-refractivity contribution < 1.29 is 24.7 Å². The Bertz CT molecular complexity index is 974. The predicted molar refractivity (Wildman–Crippen MR) is 111 cm³/mol. The molecule has 0 fully saturated rings. The number of amides is 3. The van der Waals surface area contributed by atoms with Gasteiger partial charge in [0.1, 0.15) is 6.04 Å². The molecule has 0 saturated carbocycles. The Morgan fingerprint density at radius 3 is 2.30 bits per heavy atom. The lowest BCUT2D eigenvalue weighted by Crippen LogP contribution is -2.51. The summed E-state index contributed by atoms with van der Waals surface area (Å²) in [4.78, 5) is 35.3. The minimum atomic E-state index is -1.29. The maximum atomic E-state index is 12.3. The highest BCUT2D eigenvalue weighted by molar-refractivity contribution is 5.97. The van der Waals surface area contributed by atoms with Crippen LogP contribution in [-0.2, 0) is 9.59 Å². The van der Waals surface area contributed by atoms with Gasteiger partial charge < -0.3 is 15.7 Å². The summed E-state index contributed by atoms with van der Waals surface area (Å²) < 4.78 is 0. The number of nitrogens with one attached hydrogen (secondary N) is 3. The number of carbonyl (C=O) groups excluding carboxylic acids is 3. The quantitative estimate of drug-likeness (QED) is 0.280. The summed E-state index contributed by atoms with van der Waals surface area (Å²) in [6, 6.07) is 12.2. The van der Waals surface area contributed by atoms with Gasteiger partial charge in [-0.3, -0.25) is 19.6 Å². The summed E-state index contributed by atoms with van der Waals surface area (Å²) in [6.45, 7) is 3.09. The third kappa shape index (κ3) is 6.44. The highest BCUT2D eigenvalue weighted by Gasteiger charge is 2.25. The first-order valence-electron chi connectivity index (χ1n) is 9.29. The van der Waals surface area contributed by atoms with Crippen LogP contribution in [0, 0.1) is 11.8 Å². The van der Waals surface area contributed by atoms with Gasteiger partial charge in [-0.15, -0.1) is 0 Å². The van der Waals surface area contributed by atoms with Crippen LogP contribution in [0.2, 0.25) is 0 Å². The lowest BCUT2D eigenvalue weighted by atomic mass is 10.1. The molecule has 0 saturated heterocycles. The van der Waals surface area contributed by atoms with Crippen molar-refractivity contribution in [3.8, 4) is 11.8 Å². The van der Waals surface area contributed by atoms with Crippen LogP contribution in [0.25, 0.3) is 0 Å². The summed E-state index contributed by atoms with van der Waals surface area (Å²) in [7, 11) is 0. The largest absolute Gasteiger partial charge is 0.391 e. The smallest absolute Gasteiger partial charge is 0.268 e. The van der Waals surface area contributed by atoms with Gasteiger partial charge in [-0.1, -0.05) is 24.8 Å². The minimum Gasteiger partial charge on any atom is -0.391 e. The van der Waals surface area contributed by atoms with E-state index in [0.29, 0.717) is 17.7 Å². The fraction of sp³-hybridized carbons (Fsp3) is 0.227. The predicted octanol–water partition coefficient (Wildman–Crippen LogP) is 1.42. The average molecular weight is 409 g/mol. The molecule has 0 aromatic heterocycles. The average Bonchev–Trinajstić information content (AvgIpc) is 2.75. The van der Waals surface area contributed by atoms with Crippen LogP contribution < -0.4 is 16.1 Å². The molecule has 0 aliphatic rings. The van der Waals surface area contributed by atoms with E-state index in [0.717, 1.165) is 5.56 Å². The number of hydrogen-bond acceptors (Lipinski definition) is 5. The van der Waals surface area contributed by atoms with Crippen LogP contribution >= 0.6 is 0 Å². The summed E-state index contributed by atoms with van der Waals surface area (Å²) >= 11 is 0. The molecule has 2 aromatic rings. The number of rotatable bonds is 6. The van der Waals surface area contributed by atoms with Crippen LogP contribution in [0.15, 0.2) is 48.5 Å². The second kappa shape index (κ2) is 10.8. The van der Waals surface area contributed by atoms with Crippen LogP contribution in [0.3, 0.4) is 0 Å². The summed E-state index contributed by atoms with van der Waals surface area (Å²) in [5, 5.41) is 23.4. The van der Waals surface area contributed by atoms with Gasteiger partial charge in [-0.25, -0.2) is 5.48 Å². The van der Waals surface area contributed by atoms with E-state index < -0.39 is 24.0 Å². The van der Waals surface area contributed by atoms with Crippen molar-refractivity contribution >= 4 is 23.4 Å². The highest BCUT2D eigenvalue weighted by atomic mass is 16.5. The molecule has 2 aromatic carbocycles. The molecule has 2 atom stereocenters. The Kier molecular flexibility index (Phi) is 8.11. The molecule has 0 aliphatic carbocycles. The van der Waals surface area contributed by atoms with Gasteiger partial charge in [0.2, 0.25) is 5.91 Å². The van der Waals surface area contributed by atoms with Crippen molar-refractivity contribution in [2.45, 2.75) is 32.4 Å². The zero-order valence-corrected chi connectivity index (χ0v) is 16.6. The van der Waals surface area contributed by atoms with Crippen LogP contribution in [0.1, 0.15) is 41.8 Å². The Morgan fingerprint density at radius 1 is 1.03 bits per heavy atom. The molecule has 0 bridgehead atoms. The third-order valence-corrected chi connectivity index (χ3v) is 4.13. The molecule has 0 spiro atoms. The second-order valence-corrected chi connectivity index (χ2v) is 6.48. The molecule has 8 nitrogen and oxygen atoms in total. The Hall–Kier alpha value is -3.67. The molecule has 5 N–H and O–H groups in total. The molecule has 30 heavy (non-hydrogen) atoms. The molecular formula is C22H23N3O5. The first-order chi connectivity index (χ1) is 14.3. The monoisotopic (exact) mass is 409 g/mol. The van der Waals surface area contributed by atoms with E-state index in [4.69, 9.17) is 5.21 Å². The van der Waals surface area contributed by atoms with Crippen molar-refractivity contribution in [2.75, 3.05) is 5.32 Å². The van der Waals surface area contributed by atoms with Crippen molar-refractivity contribution in [1.29, 1.82) is 0 Å². The zero-order valence-electron chi connectivity index (χ0n) is 16.6. The van der Waals surface area contributed by atoms with E-state index in [-0.39, 0.29) is 11.5 Å². The van der Waals surface area contributed by atoms with Gasteiger partial charge in [0.05, 0.1) is 6.10 Å². The van der Waals surface area contributed by atoms with Crippen molar-refractivity contribution in [3.63, 3.8) is 0 Å². The van der Waals surface area contributed by atoms with E-state index in [2.05, 4.69) is 22.5 Å². The van der Waals surface area contributed by atoms with Crippen LogP contribution in [0.4, 0.5) is 5.69 Å². The molecule has 0 radical (unpaired) electrons. The van der Waals surface area contributed by atoms with E-state index >= 15 is 0 Å². The number of carbonyl (C=O) groups is 3. The Balaban J connectivity index is 2.08. The number of aliphatic hydroxyl groups is 1. The van der Waals surface area contributed by atoms with Gasteiger partial charge in [-0.2, -0.15) is 0 Å². The highest BCUT2D eigenvalue weighted by Crippen LogP contribution is 2.11. The molecule has 156 valence electrons.